The lowest BCUT2D eigenvalue weighted by atomic mass is 9.33. The second-order valence-electron chi connectivity index (χ2n) is 21.8. The van der Waals surface area contributed by atoms with Crippen molar-refractivity contribution in [2.24, 2.45) is 0 Å². The van der Waals surface area contributed by atoms with E-state index in [0.29, 0.717) is 0 Å². The average molecular weight is 930 g/mol. The van der Waals surface area contributed by atoms with Crippen LogP contribution in [0.4, 0.5) is 51.2 Å². The molecule has 0 bridgehead atoms. The van der Waals surface area contributed by atoms with Crippen LogP contribution >= 0.6 is 0 Å². The smallest absolute Gasteiger partial charge is 0.252 e. The molecule has 10 aromatic carbocycles. The molecule has 0 spiro atoms. The van der Waals surface area contributed by atoms with E-state index < -0.39 is 0 Å². The standard InChI is InChI=1S/C66H52BN3O2/c1-65(2,3)43-26-31-45(32-27-43)69-55-20-14-21-56-63(55)67(54-40-62-52(50-18-10-11-23-60(50)71-62)39-59(54)70(56)46-33-28-44(29-34-46)66(4,5)6)53-36-35-48(38-58(53)69)68(47-30-25-41-15-7-8-16-42(41)37-47)57-22-13-19-51-49-17-9-12-24-61(49)72-64(51)57/h7-40H,1-6H3. The molecule has 0 N–H and O–H groups in total. The zero-order valence-electron chi connectivity index (χ0n) is 41.4. The molecule has 0 atom stereocenters. The van der Waals surface area contributed by atoms with E-state index in [-0.39, 0.29) is 17.5 Å². The molecule has 2 aromatic heterocycles. The van der Waals surface area contributed by atoms with Crippen molar-refractivity contribution >= 4 is 129 Å². The second kappa shape index (κ2) is 15.5. The van der Waals surface area contributed by atoms with Crippen LogP contribution in [0.1, 0.15) is 52.7 Å². The minimum atomic E-state index is -0.115. The molecule has 346 valence electrons. The van der Waals surface area contributed by atoms with E-state index in [1.54, 1.807) is 0 Å². The predicted molar refractivity (Wildman–Crippen MR) is 305 cm³/mol. The van der Waals surface area contributed by atoms with E-state index >= 15 is 0 Å². The molecule has 72 heavy (non-hydrogen) atoms. The van der Waals surface area contributed by atoms with Crippen molar-refractivity contribution in [2.45, 2.75) is 52.4 Å². The maximum Gasteiger partial charge on any atom is 0.252 e. The number of hydrogen-bond acceptors (Lipinski definition) is 5. The summed E-state index contributed by atoms with van der Waals surface area (Å²) >= 11 is 0. The maximum absolute atomic E-state index is 6.84. The van der Waals surface area contributed by atoms with Gasteiger partial charge in [-0.05, 0) is 140 Å². The van der Waals surface area contributed by atoms with Gasteiger partial charge in [0.2, 0.25) is 0 Å². The van der Waals surface area contributed by atoms with Crippen molar-refractivity contribution in [3.05, 3.63) is 217 Å². The highest BCUT2D eigenvalue weighted by atomic mass is 16.3. The van der Waals surface area contributed by atoms with Gasteiger partial charge in [0, 0.05) is 67.0 Å². The third-order valence-corrected chi connectivity index (χ3v) is 15.3. The Morgan fingerprint density at radius 3 is 1.60 bits per heavy atom. The number of fused-ring (bicyclic) bond motifs is 11. The van der Waals surface area contributed by atoms with Crippen LogP contribution < -0.4 is 31.1 Å². The lowest BCUT2D eigenvalue weighted by Crippen LogP contribution is -2.61. The van der Waals surface area contributed by atoms with Crippen molar-refractivity contribution in [3.63, 3.8) is 0 Å². The Bertz CT molecular complexity index is 4150. The molecule has 2 aliphatic rings. The normalized spacial score (nSPS) is 13.3. The van der Waals surface area contributed by atoms with Gasteiger partial charge in [0.05, 0.1) is 5.69 Å². The number of hydrogen-bond donors (Lipinski definition) is 0. The molecular formula is C66H52BN3O2. The van der Waals surface area contributed by atoms with E-state index in [0.717, 1.165) is 89.4 Å². The predicted octanol–water partition coefficient (Wildman–Crippen LogP) is 16.8. The lowest BCUT2D eigenvalue weighted by molar-refractivity contribution is 0.590. The van der Waals surface area contributed by atoms with Crippen molar-refractivity contribution in [1.82, 2.24) is 0 Å². The Hall–Kier alpha value is -8.48. The van der Waals surface area contributed by atoms with Gasteiger partial charge in [-0.3, -0.25) is 0 Å². The molecule has 0 amide bonds. The fourth-order valence-electron chi connectivity index (χ4n) is 11.7. The first-order valence-corrected chi connectivity index (χ1v) is 25.2. The van der Waals surface area contributed by atoms with Crippen LogP contribution in [0.25, 0.3) is 54.6 Å². The van der Waals surface area contributed by atoms with Crippen LogP contribution in [0.3, 0.4) is 0 Å². The number of rotatable bonds is 5. The minimum Gasteiger partial charge on any atom is -0.456 e. The molecule has 0 radical (unpaired) electrons. The summed E-state index contributed by atoms with van der Waals surface area (Å²) in [7, 11) is 0. The van der Waals surface area contributed by atoms with Crippen LogP contribution in [0, 0.1) is 0 Å². The highest BCUT2D eigenvalue weighted by Crippen LogP contribution is 2.49. The summed E-state index contributed by atoms with van der Waals surface area (Å²) in [5, 5.41) is 6.78. The Labute approximate surface area is 420 Å². The first-order chi connectivity index (χ1) is 35.0. The number of nitrogens with zero attached hydrogens (tertiary/aromatic N) is 3. The summed E-state index contributed by atoms with van der Waals surface area (Å²) in [5.74, 6) is 0. The minimum absolute atomic E-state index is 0.00468. The summed E-state index contributed by atoms with van der Waals surface area (Å²) < 4.78 is 13.6. The zero-order chi connectivity index (χ0) is 48.6. The fraction of sp³-hybridized carbons (Fsp3) is 0.121. The van der Waals surface area contributed by atoms with Gasteiger partial charge in [-0.1, -0.05) is 157 Å². The monoisotopic (exact) mass is 929 g/mol. The highest BCUT2D eigenvalue weighted by molar-refractivity contribution is 7.00. The summed E-state index contributed by atoms with van der Waals surface area (Å²) in [6, 6.07) is 75.9. The fourth-order valence-corrected chi connectivity index (χ4v) is 11.7. The highest BCUT2D eigenvalue weighted by Gasteiger charge is 2.44. The average Bonchev–Trinajstić information content (AvgIpc) is 3.96. The van der Waals surface area contributed by atoms with E-state index in [1.807, 2.05) is 6.07 Å². The third kappa shape index (κ3) is 6.48. The zero-order valence-corrected chi connectivity index (χ0v) is 41.4. The summed E-state index contributed by atoms with van der Waals surface area (Å²) in [5.41, 5.74) is 19.6. The third-order valence-electron chi connectivity index (χ3n) is 15.3. The molecule has 0 unspecified atom stereocenters. The Morgan fingerprint density at radius 1 is 0.389 bits per heavy atom. The molecule has 0 aliphatic carbocycles. The summed E-state index contributed by atoms with van der Waals surface area (Å²) in [4.78, 5) is 7.39. The van der Waals surface area contributed by atoms with Crippen LogP contribution in [-0.2, 0) is 10.8 Å². The number of benzene rings is 10. The van der Waals surface area contributed by atoms with Gasteiger partial charge in [-0.25, -0.2) is 0 Å². The number of anilines is 9. The SMILES string of the molecule is CC(C)(C)c1ccc(N2c3cc(N(c4ccc5ccccc5c4)c4cccc5c4oc4ccccc45)ccc3B3c4cc5oc6ccccc6c5cc4N(c4ccc(C(C)(C)C)cc4)c4cccc2c43)cc1. The van der Waals surface area contributed by atoms with Crippen molar-refractivity contribution in [2.75, 3.05) is 14.7 Å². The Kier molecular flexibility index (Phi) is 9.14. The molecule has 14 rings (SSSR count). The molecule has 2 aliphatic heterocycles. The van der Waals surface area contributed by atoms with E-state index in [4.69, 9.17) is 8.83 Å². The molecule has 0 saturated heterocycles. The molecule has 0 saturated carbocycles. The van der Waals surface area contributed by atoms with Crippen LogP contribution in [0.15, 0.2) is 215 Å². The van der Waals surface area contributed by atoms with Gasteiger partial charge in [0.1, 0.15) is 16.7 Å². The van der Waals surface area contributed by atoms with Gasteiger partial charge >= 0.3 is 0 Å². The largest absolute Gasteiger partial charge is 0.456 e. The van der Waals surface area contributed by atoms with Gasteiger partial charge in [0.15, 0.2) is 5.58 Å². The van der Waals surface area contributed by atoms with E-state index in [1.165, 1.54) is 44.0 Å². The van der Waals surface area contributed by atoms with Crippen molar-refractivity contribution < 1.29 is 8.83 Å². The van der Waals surface area contributed by atoms with Gasteiger partial charge in [-0.2, -0.15) is 0 Å². The molecule has 12 aromatic rings. The first-order valence-electron chi connectivity index (χ1n) is 25.2. The molecule has 0 fully saturated rings. The number of furan rings is 2. The van der Waals surface area contributed by atoms with Crippen LogP contribution in [0.2, 0.25) is 0 Å². The molecule has 4 heterocycles. The van der Waals surface area contributed by atoms with Gasteiger partial charge in [0.25, 0.3) is 6.71 Å². The van der Waals surface area contributed by atoms with E-state index in [2.05, 4.69) is 256 Å². The summed E-state index contributed by atoms with van der Waals surface area (Å²) in [6.07, 6.45) is 0. The van der Waals surface area contributed by atoms with Crippen molar-refractivity contribution in [1.29, 1.82) is 0 Å². The maximum atomic E-state index is 6.84. The van der Waals surface area contributed by atoms with Gasteiger partial charge in [-0.15, -0.1) is 0 Å². The quantitative estimate of drug-likeness (QED) is 0.161. The summed E-state index contributed by atoms with van der Waals surface area (Å²) in [6.45, 7) is 13.6. The van der Waals surface area contributed by atoms with Crippen LogP contribution in [-0.4, -0.2) is 6.71 Å². The molecular weight excluding hydrogens is 878 g/mol. The topological polar surface area (TPSA) is 36.0 Å². The van der Waals surface area contributed by atoms with E-state index in [9.17, 15) is 0 Å². The van der Waals surface area contributed by atoms with Crippen molar-refractivity contribution in [3.8, 4) is 0 Å². The Balaban J connectivity index is 1.05. The first kappa shape index (κ1) is 42.4. The Morgan fingerprint density at radius 2 is 0.931 bits per heavy atom. The second-order valence-corrected chi connectivity index (χ2v) is 21.8. The number of para-hydroxylation sites is 3. The molecule has 5 nitrogen and oxygen atoms in total. The molecule has 6 heteroatoms. The van der Waals surface area contributed by atoms with Gasteiger partial charge < -0.3 is 23.5 Å². The van der Waals surface area contributed by atoms with Crippen LogP contribution in [0.5, 0.6) is 0 Å². The lowest BCUT2D eigenvalue weighted by Gasteiger charge is -2.44.